The van der Waals surface area contributed by atoms with E-state index in [1.807, 2.05) is 24.3 Å². The summed E-state index contributed by atoms with van der Waals surface area (Å²) in [5.41, 5.74) is 2.72. The highest BCUT2D eigenvalue weighted by molar-refractivity contribution is 5.94. The number of rotatable bonds is 5. The molecule has 28 heavy (non-hydrogen) atoms. The normalized spacial score (nSPS) is 21.9. The lowest BCUT2D eigenvalue weighted by Crippen LogP contribution is -2.31. The van der Waals surface area contributed by atoms with Crippen molar-refractivity contribution in [2.75, 3.05) is 42.5 Å². The van der Waals surface area contributed by atoms with E-state index in [0.29, 0.717) is 24.6 Å². The van der Waals surface area contributed by atoms with Crippen LogP contribution in [0.4, 0.5) is 15.8 Å². The van der Waals surface area contributed by atoms with Crippen LogP contribution in [0.2, 0.25) is 0 Å². The molecule has 2 heterocycles. The van der Waals surface area contributed by atoms with E-state index in [1.165, 1.54) is 12.1 Å². The van der Waals surface area contributed by atoms with E-state index >= 15 is 0 Å². The summed E-state index contributed by atoms with van der Waals surface area (Å²) < 4.78 is 13.1. The fourth-order valence-electron chi connectivity index (χ4n) is 4.02. The number of carbonyl (C=O) groups is 1. The largest absolute Gasteiger partial charge is 0.391 e. The van der Waals surface area contributed by atoms with Crippen molar-refractivity contribution in [3.63, 3.8) is 0 Å². The lowest BCUT2D eigenvalue weighted by Gasteiger charge is -2.19. The maximum Gasteiger partial charge on any atom is 0.251 e. The standard InChI is InChI=1S/C22H26FN3O2/c23-18-3-7-20(8-4-18)25-11-9-16(14-25)13-24-22(28)17-1-5-19(6-2-17)26-12-10-21(27)15-26/h1-8,16,21,27H,9-15H2,(H,24,28). The van der Waals surface area contributed by atoms with Gasteiger partial charge < -0.3 is 20.2 Å². The summed E-state index contributed by atoms with van der Waals surface area (Å²) in [6.45, 7) is 3.91. The minimum Gasteiger partial charge on any atom is -0.391 e. The SMILES string of the molecule is O=C(NCC1CCN(c2ccc(F)cc2)C1)c1ccc(N2CCC(O)C2)cc1. The molecule has 2 unspecified atom stereocenters. The van der Waals surface area contributed by atoms with E-state index in [9.17, 15) is 14.3 Å². The molecule has 2 saturated heterocycles. The van der Waals surface area contributed by atoms with Gasteiger partial charge in [0.1, 0.15) is 5.82 Å². The molecule has 0 saturated carbocycles. The van der Waals surface area contributed by atoms with Gasteiger partial charge in [0.05, 0.1) is 6.10 Å². The molecular weight excluding hydrogens is 357 g/mol. The number of aliphatic hydroxyl groups excluding tert-OH is 1. The van der Waals surface area contributed by atoms with Crippen LogP contribution in [0, 0.1) is 11.7 Å². The van der Waals surface area contributed by atoms with E-state index in [2.05, 4.69) is 15.1 Å². The smallest absolute Gasteiger partial charge is 0.251 e. The average Bonchev–Trinajstić information content (AvgIpc) is 3.36. The molecule has 2 aliphatic heterocycles. The van der Waals surface area contributed by atoms with Crippen molar-refractivity contribution in [1.82, 2.24) is 5.32 Å². The molecule has 2 aliphatic rings. The van der Waals surface area contributed by atoms with Crippen LogP contribution >= 0.6 is 0 Å². The number of benzene rings is 2. The zero-order chi connectivity index (χ0) is 19.5. The topological polar surface area (TPSA) is 55.8 Å². The van der Waals surface area contributed by atoms with Crippen molar-refractivity contribution in [3.05, 3.63) is 59.9 Å². The van der Waals surface area contributed by atoms with Gasteiger partial charge in [-0.3, -0.25) is 4.79 Å². The van der Waals surface area contributed by atoms with Crippen LogP contribution in [0.3, 0.4) is 0 Å². The molecule has 2 N–H and O–H groups in total. The summed E-state index contributed by atoms with van der Waals surface area (Å²) >= 11 is 0. The van der Waals surface area contributed by atoms with Gasteiger partial charge in [-0.15, -0.1) is 0 Å². The lowest BCUT2D eigenvalue weighted by molar-refractivity contribution is 0.0948. The van der Waals surface area contributed by atoms with Gasteiger partial charge in [-0.1, -0.05) is 0 Å². The second-order valence-electron chi connectivity index (χ2n) is 7.72. The molecule has 2 atom stereocenters. The van der Waals surface area contributed by atoms with Crippen molar-refractivity contribution < 1.29 is 14.3 Å². The van der Waals surface area contributed by atoms with Gasteiger partial charge in [-0.2, -0.15) is 0 Å². The molecule has 0 bridgehead atoms. The number of amides is 1. The van der Waals surface area contributed by atoms with E-state index in [4.69, 9.17) is 0 Å². The molecule has 5 nitrogen and oxygen atoms in total. The van der Waals surface area contributed by atoms with Crippen LogP contribution < -0.4 is 15.1 Å². The first kappa shape index (κ1) is 18.7. The minimum atomic E-state index is -0.260. The minimum absolute atomic E-state index is 0.0618. The number of hydrogen-bond acceptors (Lipinski definition) is 4. The summed E-state index contributed by atoms with van der Waals surface area (Å²) in [5.74, 6) is 0.103. The van der Waals surface area contributed by atoms with Gasteiger partial charge in [-0.25, -0.2) is 4.39 Å². The number of β-amino-alcohol motifs (C(OH)–C–C–N with tert-alkyl or cyclic N) is 1. The van der Waals surface area contributed by atoms with Crippen LogP contribution in [0.5, 0.6) is 0 Å². The predicted molar refractivity (Wildman–Crippen MR) is 108 cm³/mol. The van der Waals surface area contributed by atoms with Gasteiger partial charge in [0, 0.05) is 49.7 Å². The Morgan fingerprint density at radius 3 is 2.21 bits per heavy atom. The van der Waals surface area contributed by atoms with Gasteiger partial charge in [0.2, 0.25) is 0 Å². The van der Waals surface area contributed by atoms with E-state index in [-0.39, 0.29) is 17.8 Å². The first-order valence-electron chi connectivity index (χ1n) is 9.90. The highest BCUT2D eigenvalue weighted by Crippen LogP contribution is 2.24. The van der Waals surface area contributed by atoms with E-state index in [0.717, 1.165) is 43.9 Å². The van der Waals surface area contributed by atoms with E-state index in [1.54, 1.807) is 12.1 Å². The van der Waals surface area contributed by atoms with E-state index < -0.39 is 0 Å². The molecule has 0 aromatic heterocycles. The third-order valence-corrected chi connectivity index (χ3v) is 5.69. The third-order valence-electron chi connectivity index (χ3n) is 5.69. The maximum atomic E-state index is 13.1. The number of anilines is 2. The summed E-state index contributed by atoms with van der Waals surface area (Å²) in [4.78, 5) is 16.8. The molecule has 0 radical (unpaired) electrons. The molecule has 1 amide bonds. The Hall–Kier alpha value is -2.60. The first-order valence-corrected chi connectivity index (χ1v) is 9.90. The molecule has 148 valence electrons. The molecule has 2 aromatic carbocycles. The second kappa shape index (κ2) is 8.19. The van der Waals surface area contributed by atoms with Crippen molar-refractivity contribution in [2.24, 2.45) is 5.92 Å². The van der Waals surface area contributed by atoms with Crippen molar-refractivity contribution >= 4 is 17.3 Å². The Morgan fingerprint density at radius 2 is 1.57 bits per heavy atom. The predicted octanol–water partition coefficient (Wildman–Crippen LogP) is 2.65. The highest BCUT2D eigenvalue weighted by atomic mass is 19.1. The maximum absolute atomic E-state index is 13.1. The Balaban J connectivity index is 1.27. The van der Waals surface area contributed by atoms with Crippen LogP contribution in [0.25, 0.3) is 0 Å². The molecule has 0 spiro atoms. The Labute approximate surface area is 164 Å². The van der Waals surface area contributed by atoms with Gasteiger partial charge in [0.15, 0.2) is 0 Å². The zero-order valence-corrected chi connectivity index (χ0v) is 15.9. The average molecular weight is 383 g/mol. The molecule has 4 rings (SSSR count). The van der Waals surface area contributed by atoms with Crippen LogP contribution in [0.1, 0.15) is 23.2 Å². The van der Waals surface area contributed by atoms with Crippen LogP contribution in [-0.4, -0.2) is 49.8 Å². The quantitative estimate of drug-likeness (QED) is 0.834. The molecule has 2 fully saturated rings. The van der Waals surface area contributed by atoms with Gasteiger partial charge >= 0.3 is 0 Å². The monoisotopic (exact) mass is 383 g/mol. The Bertz CT molecular complexity index is 810. The number of aliphatic hydroxyl groups is 1. The third kappa shape index (κ3) is 4.28. The van der Waals surface area contributed by atoms with Gasteiger partial charge in [0.25, 0.3) is 5.91 Å². The summed E-state index contributed by atoms with van der Waals surface area (Å²) in [5, 5.41) is 12.7. The molecule has 6 heteroatoms. The van der Waals surface area contributed by atoms with Crippen LogP contribution in [-0.2, 0) is 0 Å². The van der Waals surface area contributed by atoms with Crippen LogP contribution in [0.15, 0.2) is 48.5 Å². The Morgan fingerprint density at radius 1 is 0.964 bits per heavy atom. The van der Waals surface area contributed by atoms with Crippen molar-refractivity contribution in [3.8, 4) is 0 Å². The number of hydrogen-bond donors (Lipinski definition) is 2. The lowest BCUT2D eigenvalue weighted by atomic mass is 10.1. The number of halogens is 1. The zero-order valence-electron chi connectivity index (χ0n) is 15.9. The fraction of sp³-hybridized carbons (Fsp3) is 0.409. The number of nitrogens with zero attached hydrogens (tertiary/aromatic N) is 2. The number of carbonyl (C=O) groups excluding carboxylic acids is 1. The molecule has 2 aromatic rings. The fourth-order valence-corrected chi connectivity index (χ4v) is 4.02. The second-order valence-corrected chi connectivity index (χ2v) is 7.72. The highest BCUT2D eigenvalue weighted by Gasteiger charge is 2.24. The summed E-state index contributed by atoms with van der Waals surface area (Å²) in [6, 6.07) is 14.1. The molecule has 0 aliphatic carbocycles. The van der Waals surface area contributed by atoms with Crippen molar-refractivity contribution in [2.45, 2.75) is 18.9 Å². The Kier molecular flexibility index (Phi) is 5.48. The van der Waals surface area contributed by atoms with Crippen molar-refractivity contribution in [1.29, 1.82) is 0 Å². The number of nitrogens with one attached hydrogen (secondary N) is 1. The summed E-state index contributed by atoms with van der Waals surface area (Å²) in [6.07, 6.45) is 1.54. The molecular formula is C22H26FN3O2. The summed E-state index contributed by atoms with van der Waals surface area (Å²) in [7, 11) is 0. The first-order chi connectivity index (χ1) is 13.6. The van der Waals surface area contributed by atoms with Gasteiger partial charge in [-0.05, 0) is 67.3 Å².